The number of nitrogens with zero attached hydrogens (tertiary/aromatic N) is 2. The third kappa shape index (κ3) is 2.10. The summed E-state index contributed by atoms with van der Waals surface area (Å²) >= 11 is 5.81. The molecule has 0 amide bonds. The minimum Gasteiger partial charge on any atom is -0.481 e. The predicted molar refractivity (Wildman–Crippen MR) is 56.2 cm³/mol. The summed E-state index contributed by atoms with van der Waals surface area (Å²) in [5, 5.41) is 8.97. The van der Waals surface area contributed by atoms with Gasteiger partial charge < -0.3 is 5.11 Å². The number of hydrogen-bond acceptors (Lipinski definition) is 2. The molecule has 0 radical (unpaired) electrons. The molecular weight excluding hydrogens is 216 g/mol. The van der Waals surface area contributed by atoms with E-state index in [1.54, 1.807) is 16.8 Å². The molecule has 0 aliphatic rings. The Morgan fingerprint density at radius 3 is 3.13 bits per heavy atom. The van der Waals surface area contributed by atoms with Gasteiger partial charge in [0.25, 0.3) is 0 Å². The Kier molecular flexibility index (Phi) is 2.60. The number of carbonyl (C=O) groups is 1. The molecule has 0 saturated heterocycles. The van der Waals surface area contributed by atoms with E-state index in [9.17, 15) is 4.79 Å². The summed E-state index contributed by atoms with van der Waals surface area (Å²) < 4.78 is 1.74. The van der Waals surface area contributed by atoms with Crippen molar-refractivity contribution in [1.29, 1.82) is 0 Å². The fourth-order valence-corrected chi connectivity index (χ4v) is 1.62. The number of hydrogen-bond donors (Lipinski definition) is 1. The van der Waals surface area contributed by atoms with E-state index in [4.69, 9.17) is 16.7 Å². The summed E-state index contributed by atoms with van der Waals surface area (Å²) in [5.41, 5.74) is 1.85. The van der Waals surface area contributed by atoms with Gasteiger partial charge in [-0.1, -0.05) is 0 Å². The molecule has 1 N–H and O–H groups in total. The second-order valence-corrected chi connectivity index (χ2v) is 3.59. The standard InChI is InChI=1S/C10H9ClN2O2/c11-10-12-6-8-5-7(1-2-9(14)15)3-4-13(8)10/h3-6H,1-2H2,(H,14,15). The molecule has 0 saturated carbocycles. The van der Waals surface area contributed by atoms with Gasteiger partial charge in [-0.3, -0.25) is 9.20 Å². The molecule has 2 aromatic rings. The molecule has 78 valence electrons. The van der Waals surface area contributed by atoms with E-state index in [-0.39, 0.29) is 6.42 Å². The van der Waals surface area contributed by atoms with Crippen LogP contribution in [-0.4, -0.2) is 20.5 Å². The second kappa shape index (κ2) is 3.90. The van der Waals surface area contributed by atoms with E-state index in [0.29, 0.717) is 11.7 Å². The molecule has 15 heavy (non-hydrogen) atoms. The summed E-state index contributed by atoms with van der Waals surface area (Å²) in [5.74, 6) is -0.790. The lowest BCUT2D eigenvalue weighted by atomic mass is 10.1. The van der Waals surface area contributed by atoms with Gasteiger partial charge in [0.1, 0.15) is 0 Å². The number of carboxylic acid groups (broad SMARTS) is 1. The van der Waals surface area contributed by atoms with Gasteiger partial charge in [0.2, 0.25) is 5.28 Å². The van der Waals surface area contributed by atoms with Crippen LogP contribution in [0, 0.1) is 0 Å². The maximum absolute atomic E-state index is 10.4. The molecule has 0 unspecified atom stereocenters. The highest BCUT2D eigenvalue weighted by atomic mass is 35.5. The van der Waals surface area contributed by atoms with Crippen LogP contribution in [0.2, 0.25) is 5.28 Å². The first-order chi connectivity index (χ1) is 7.16. The third-order valence-electron chi connectivity index (χ3n) is 2.18. The van der Waals surface area contributed by atoms with Crippen LogP contribution < -0.4 is 0 Å². The highest BCUT2D eigenvalue weighted by molar-refractivity contribution is 6.28. The summed E-state index contributed by atoms with van der Waals surface area (Å²) in [6, 6.07) is 3.74. The molecule has 0 fully saturated rings. The fourth-order valence-electron chi connectivity index (χ4n) is 1.42. The van der Waals surface area contributed by atoms with Gasteiger partial charge in [-0.2, -0.15) is 0 Å². The van der Waals surface area contributed by atoms with E-state index in [2.05, 4.69) is 4.98 Å². The first-order valence-corrected chi connectivity index (χ1v) is 4.88. The van der Waals surface area contributed by atoms with Gasteiger partial charge in [-0.25, -0.2) is 4.98 Å². The van der Waals surface area contributed by atoms with Gasteiger partial charge in [-0.15, -0.1) is 0 Å². The first-order valence-electron chi connectivity index (χ1n) is 4.50. The lowest BCUT2D eigenvalue weighted by molar-refractivity contribution is -0.136. The van der Waals surface area contributed by atoms with Crippen LogP contribution in [0.5, 0.6) is 0 Å². The molecule has 2 aromatic heterocycles. The largest absolute Gasteiger partial charge is 0.481 e. The Morgan fingerprint density at radius 2 is 2.40 bits per heavy atom. The molecule has 0 bridgehead atoms. The van der Waals surface area contributed by atoms with Crippen LogP contribution in [0.25, 0.3) is 5.52 Å². The van der Waals surface area contributed by atoms with E-state index < -0.39 is 5.97 Å². The molecule has 0 atom stereocenters. The summed E-state index contributed by atoms with van der Waals surface area (Å²) in [4.78, 5) is 14.3. The number of pyridine rings is 1. The van der Waals surface area contributed by atoms with Crippen LogP contribution in [-0.2, 0) is 11.2 Å². The molecule has 5 heteroatoms. The maximum Gasteiger partial charge on any atom is 0.303 e. The quantitative estimate of drug-likeness (QED) is 0.868. The van der Waals surface area contributed by atoms with Crippen LogP contribution in [0.15, 0.2) is 24.5 Å². The number of aliphatic carboxylic acids is 1. The van der Waals surface area contributed by atoms with Gasteiger partial charge >= 0.3 is 5.97 Å². The first kappa shape index (κ1) is 9.98. The number of aromatic nitrogens is 2. The molecule has 0 aromatic carbocycles. The molecule has 2 rings (SSSR count). The van der Waals surface area contributed by atoms with Crippen LogP contribution in [0.1, 0.15) is 12.0 Å². The molecular formula is C10H9ClN2O2. The molecule has 0 aliphatic heterocycles. The van der Waals surface area contributed by atoms with Crippen molar-refractivity contribution < 1.29 is 9.90 Å². The zero-order valence-corrected chi connectivity index (χ0v) is 8.61. The zero-order valence-electron chi connectivity index (χ0n) is 7.85. The van der Waals surface area contributed by atoms with E-state index in [1.165, 1.54) is 0 Å². The minimum atomic E-state index is -0.790. The number of rotatable bonds is 3. The molecule has 4 nitrogen and oxygen atoms in total. The third-order valence-corrected chi connectivity index (χ3v) is 2.46. The van der Waals surface area contributed by atoms with Crippen molar-refractivity contribution in [2.24, 2.45) is 0 Å². The number of imidazole rings is 1. The number of fused-ring (bicyclic) bond motifs is 1. The minimum absolute atomic E-state index is 0.137. The topological polar surface area (TPSA) is 54.6 Å². The predicted octanol–water partition coefficient (Wildman–Crippen LogP) is 2.00. The Labute approximate surface area is 91.1 Å². The fraction of sp³-hybridized carbons (Fsp3) is 0.200. The highest BCUT2D eigenvalue weighted by Gasteiger charge is 2.03. The van der Waals surface area contributed by atoms with E-state index in [1.807, 2.05) is 12.1 Å². The zero-order chi connectivity index (χ0) is 10.8. The van der Waals surface area contributed by atoms with Gasteiger partial charge in [0, 0.05) is 12.6 Å². The number of carboxylic acids is 1. The second-order valence-electron chi connectivity index (χ2n) is 3.25. The highest BCUT2D eigenvalue weighted by Crippen LogP contribution is 2.14. The van der Waals surface area contributed by atoms with E-state index in [0.717, 1.165) is 11.1 Å². The van der Waals surface area contributed by atoms with Gasteiger partial charge in [-0.05, 0) is 35.7 Å². The summed E-state index contributed by atoms with van der Waals surface area (Å²) in [6.07, 6.45) is 4.11. The van der Waals surface area contributed by atoms with Gasteiger partial charge in [0.05, 0.1) is 11.7 Å². The number of halogens is 1. The Balaban J connectivity index is 2.27. The maximum atomic E-state index is 10.4. The van der Waals surface area contributed by atoms with Crippen molar-refractivity contribution >= 4 is 23.1 Å². The monoisotopic (exact) mass is 224 g/mol. The van der Waals surface area contributed by atoms with E-state index >= 15 is 0 Å². The van der Waals surface area contributed by atoms with Crippen molar-refractivity contribution in [2.45, 2.75) is 12.8 Å². The van der Waals surface area contributed by atoms with Crippen molar-refractivity contribution in [3.8, 4) is 0 Å². The lowest BCUT2D eigenvalue weighted by Crippen LogP contribution is -1.97. The SMILES string of the molecule is O=C(O)CCc1ccn2c(Cl)ncc2c1. The van der Waals surface area contributed by atoms with Crippen molar-refractivity contribution in [1.82, 2.24) is 9.38 Å². The molecule has 0 aliphatic carbocycles. The summed E-state index contributed by atoms with van der Waals surface area (Å²) in [7, 11) is 0. The Morgan fingerprint density at radius 1 is 1.60 bits per heavy atom. The Bertz CT molecular complexity index is 507. The smallest absolute Gasteiger partial charge is 0.303 e. The molecule has 0 spiro atoms. The summed E-state index contributed by atoms with van der Waals surface area (Å²) in [6.45, 7) is 0. The average molecular weight is 225 g/mol. The van der Waals surface area contributed by atoms with Crippen LogP contribution >= 0.6 is 11.6 Å². The van der Waals surface area contributed by atoms with Crippen LogP contribution in [0.4, 0.5) is 0 Å². The van der Waals surface area contributed by atoms with Crippen molar-refractivity contribution in [3.05, 3.63) is 35.4 Å². The van der Waals surface area contributed by atoms with Gasteiger partial charge in [0.15, 0.2) is 0 Å². The number of aryl methyl sites for hydroxylation is 1. The normalized spacial score (nSPS) is 10.7. The van der Waals surface area contributed by atoms with Crippen molar-refractivity contribution in [3.63, 3.8) is 0 Å². The molecule has 2 heterocycles. The lowest BCUT2D eigenvalue weighted by Gasteiger charge is -2.00. The average Bonchev–Trinajstić information content (AvgIpc) is 2.57. The van der Waals surface area contributed by atoms with Crippen molar-refractivity contribution in [2.75, 3.05) is 0 Å². The van der Waals surface area contributed by atoms with Crippen LogP contribution in [0.3, 0.4) is 0 Å². The Hall–Kier alpha value is -1.55.